The summed E-state index contributed by atoms with van der Waals surface area (Å²) >= 11 is 11.9. The third-order valence-electron chi connectivity index (χ3n) is 3.95. The Hall–Kier alpha value is -0.770. The fourth-order valence-corrected chi connectivity index (χ4v) is 3.11. The summed E-state index contributed by atoms with van der Waals surface area (Å²) in [6.07, 6.45) is 3.69. The van der Waals surface area contributed by atoms with Gasteiger partial charge in [0.25, 0.3) is 0 Å². The summed E-state index contributed by atoms with van der Waals surface area (Å²) in [4.78, 5) is 12.7. The molecule has 0 atom stereocenters. The highest BCUT2D eigenvalue weighted by molar-refractivity contribution is 6.42. The van der Waals surface area contributed by atoms with Gasteiger partial charge in [-0.05, 0) is 50.6 Å². The van der Waals surface area contributed by atoms with Crippen molar-refractivity contribution in [2.24, 2.45) is 5.41 Å². The van der Waals surface area contributed by atoms with Crippen LogP contribution in [0.1, 0.15) is 32.6 Å². The van der Waals surface area contributed by atoms with Crippen molar-refractivity contribution in [1.82, 2.24) is 5.32 Å². The normalized spacial score (nSPS) is 17.8. The Bertz CT molecular complexity index is 479. The highest BCUT2D eigenvalue weighted by Crippen LogP contribution is 2.36. The van der Waals surface area contributed by atoms with E-state index in [0.717, 1.165) is 38.8 Å². The van der Waals surface area contributed by atoms with Gasteiger partial charge in [-0.3, -0.25) is 4.79 Å². The van der Waals surface area contributed by atoms with Crippen LogP contribution in [0.4, 0.5) is 5.69 Å². The van der Waals surface area contributed by atoms with Gasteiger partial charge in [0.2, 0.25) is 5.91 Å². The van der Waals surface area contributed by atoms with E-state index in [1.54, 1.807) is 18.2 Å². The first-order valence-corrected chi connectivity index (χ1v) is 7.80. The predicted octanol–water partition coefficient (Wildman–Crippen LogP) is 4.10. The lowest BCUT2D eigenvalue weighted by Crippen LogP contribution is -2.44. The molecule has 0 radical (unpaired) electrons. The van der Waals surface area contributed by atoms with E-state index >= 15 is 0 Å². The SMILES string of the molecule is CCCC1(C(=O)Nc2ccc(Cl)c(Cl)c2)CCNCC1. The number of hydrogen-bond acceptors (Lipinski definition) is 2. The van der Waals surface area contributed by atoms with E-state index in [1.807, 2.05) is 0 Å². The number of amides is 1. The molecule has 110 valence electrons. The largest absolute Gasteiger partial charge is 0.326 e. The Labute approximate surface area is 130 Å². The van der Waals surface area contributed by atoms with Crippen molar-refractivity contribution in [3.05, 3.63) is 28.2 Å². The summed E-state index contributed by atoms with van der Waals surface area (Å²) in [5, 5.41) is 7.26. The van der Waals surface area contributed by atoms with Gasteiger partial charge in [-0.15, -0.1) is 0 Å². The maximum absolute atomic E-state index is 12.7. The van der Waals surface area contributed by atoms with Crippen molar-refractivity contribution < 1.29 is 4.79 Å². The van der Waals surface area contributed by atoms with Gasteiger partial charge in [-0.1, -0.05) is 36.5 Å². The summed E-state index contributed by atoms with van der Waals surface area (Å²) in [6.45, 7) is 3.92. The van der Waals surface area contributed by atoms with Crippen molar-refractivity contribution in [1.29, 1.82) is 0 Å². The Morgan fingerprint density at radius 2 is 2.00 bits per heavy atom. The second kappa shape index (κ2) is 6.79. The average Bonchev–Trinajstić information content (AvgIpc) is 2.44. The topological polar surface area (TPSA) is 41.1 Å². The van der Waals surface area contributed by atoms with Crippen LogP contribution < -0.4 is 10.6 Å². The lowest BCUT2D eigenvalue weighted by Gasteiger charge is -2.36. The minimum atomic E-state index is -0.258. The molecule has 20 heavy (non-hydrogen) atoms. The van der Waals surface area contributed by atoms with Crippen molar-refractivity contribution in [2.75, 3.05) is 18.4 Å². The van der Waals surface area contributed by atoms with Gasteiger partial charge >= 0.3 is 0 Å². The number of carbonyl (C=O) groups excluding carboxylic acids is 1. The quantitative estimate of drug-likeness (QED) is 0.878. The Kier molecular flexibility index (Phi) is 5.30. The van der Waals surface area contributed by atoms with Crippen molar-refractivity contribution in [2.45, 2.75) is 32.6 Å². The first-order chi connectivity index (χ1) is 9.57. The molecule has 1 aliphatic heterocycles. The third-order valence-corrected chi connectivity index (χ3v) is 4.69. The molecule has 3 nitrogen and oxygen atoms in total. The highest BCUT2D eigenvalue weighted by atomic mass is 35.5. The van der Waals surface area contributed by atoms with Crippen LogP contribution in [0.2, 0.25) is 10.0 Å². The van der Waals surface area contributed by atoms with Crippen LogP contribution >= 0.6 is 23.2 Å². The maximum Gasteiger partial charge on any atom is 0.230 e. The number of halogens is 2. The fraction of sp³-hybridized carbons (Fsp3) is 0.533. The van der Waals surface area contributed by atoms with Crippen LogP contribution in [0.15, 0.2) is 18.2 Å². The van der Waals surface area contributed by atoms with Gasteiger partial charge in [0.1, 0.15) is 0 Å². The van der Waals surface area contributed by atoms with Crippen LogP contribution in [0, 0.1) is 5.41 Å². The zero-order valence-electron chi connectivity index (χ0n) is 11.6. The van der Waals surface area contributed by atoms with Crippen LogP contribution in [0.3, 0.4) is 0 Å². The summed E-state index contributed by atoms with van der Waals surface area (Å²) in [5.41, 5.74) is 0.449. The molecule has 5 heteroatoms. The summed E-state index contributed by atoms with van der Waals surface area (Å²) in [7, 11) is 0. The Morgan fingerprint density at radius 1 is 1.30 bits per heavy atom. The van der Waals surface area contributed by atoms with Crippen LogP contribution in [-0.4, -0.2) is 19.0 Å². The lowest BCUT2D eigenvalue weighted by molar-refractivity contribution is -0.127. The second-order valence-electron chi connectivity index (χ2n) is 5.36. The van der Waals surface area contributed by atoms with Crippen LogP contribution in [-0.2, 0) is 4.79 Å². The van der Waals surface area contributed by atoms with E-state index in [9.17, 15) is 4.79 Å². The summed E-state index contributed by atoms with van der Waals surface area (Å²) in [5.74, 6) is 0.0965. The molecule has 0 saturated carbocycles. The van der Waals surface area contributed by atoms with Gasteiger partial charge in [0.05, 0.1) is 15.5 Å². The number of hydrogen-bond donors (Lipinski definition) is 2. The van der Waals surface area contributed by atoms with Crippen molar-refractivity contribution in [3.8, 4) is 0 Å². The molecule has 2 rings (SSSR count). The molecule has 0 aliphatic carbocycles. The smallest absolute Gasteiger partial charge is 0.230 e. The molecular weight excluding hydrogens is 295 g/mol. The molecule has 0 spiro atoms. The standard InChI is InChI=1S/C15H20Cl2N2O/c1-2-5-15(6-8-18-9-7-15)14(20)19-11-3-4-12(16)13(17)10-11/h3-4,10,18H,2,5-9H2,1H3,(H,19,20). The van der Waals surface area contributed by atoms with Gasteiger partial charge in [-0.25, -0.2) is 0 Å². The third kappa shape index (κ3) is 3.46. The average molecular weight is 315 g/mol. The van der Waals surface area contributed by atoms with Gasteiger partial charge in [-0.2, -0.15) is 0 Å². The number of piperidine rings is 1. The number of rotatable bonds is 4. The van der Waals surface area contributed by atoms with Crippen LogP contribution in [0.25, 0.3) is 0 Å². The first-order valence-electron chi connectivity index (χ1n) is 7.04. The molecule has 2 N–H and O–H groups in total. The minimum Gasteiger partial charge on any atom is -0.326 e. The predicted molar refractivity (Wildman–Crippen MR) is 84.5 cm³/mol. The van der Waals surface area contributed by atoms with Gasteiger partial charge in [0, 0.05) is 5.69 Å². The summed E-state index contributed by atoms with van der Waals surface area (Å²) < 4.78 is 0. The zero-order chi connectivity index (χ0) is 14.6. The molecule has 0 unspecified atom stereocenters. The zero-order valence-corrected chi connectivity index (χ0v) is 13.2. The van der Waals surface area contributed by atoms with E-state index in [4.69, 9.17) is 23.2 Å². The first kappa shape index (κ1) is 15.6. The Morgan fingerprint density at radius 3 is 2.60 bits per heavy atom. The molecule has 1 heterocycles. The van der Waals surface area contributed by atoms with Gasteiger partial charge < -0.3 is 10.6 Å². The van der Waals surface area contributed by atoms with E-state index < -0.39 is 0 Å². The van der Waals surface area contributed by atoms with Crippen molar-refractivity contribution >= 4 is 34.8 Å². The fourth-order valence-electron chi connectivity index (χ4n) is 2.81. The van der Waals surface area contributed by atoms with Gasteiger partial charge in [0.15, 0.2) is 0 Å². The van der Waals surface area contributed by atoms with E-state index in [2.05, 4.69) is 17.6 Å². The molecule has 0 bridgehead atoms. The maximum atomic E-state index is 12.7. The monoisotopic (exact) mass is 314 g/mol. The molecular formula is C15H20Cl2N2O. The number of carbonyl (C=O) groups is 1. The summed E-state index contributed by atoms with van der Waals surface area (Å²) in [6, 6.07) is 5.18. The molecule has 1 amide bonds. The number of nitrogens with one attached hydrogen (secondary N) is 2. The second-order valence-corrected chi connectivity index (χ2v) is 6.18. The lowest BCUT2D eigenvalue weighted by atomic mass is 9.74. The number of anilines is 1. The van der Waals surface area contributed by atoms with Crippen molar-refractivity contribution in [3.63, 3.8) is 0 Å². The molecule has 1 aromatic rings. The minimum absolute atomic E-state index is 0.0965. The molecule has 1 fully saturated rings. The number of benzene rings is 1. The highest BCUT2D eigenvalue weighted by Gasteiger charge is 2.38. The van der Waals surface area contributed by atoms with E-state index in [1.165, 1.54) is 0 Å². The molecule has 1 aromatic carbocycles. The Balaban J connectivity index is 2.13. The van der Waals surface area contributed by atoms with Crippen LogP contribution in [0.5, 0.6) is 0 Å². The molecule has 1 aliphatic rings. The molecule has 1 saturated heterocycles. The van der Waals surface area contributed by atoms with E-state index in [-0.39, 0.29) is 11.3 Å². The molecule has 0 aromatic heterocycles. The van der Waals surface area contributed by atoms with E-state index in [0.29, 0.717) is 15.7 Å².